The summed E-state index contributed by atoms with van der Waals surface area (Å²) in [6, 6.07) is 2.98. The second kappa shape index (κ2) is 10.3. The summed E-state index contributed by atoms with van der Waals surface area (Å²) in [6.45, 7) is 3.20. The lowest BCUT2D eigenvalue weighted by atomic mass is 10.1. The molecule has 0 aliphatic carbocycles. The van der Waals surface area contributed by atoms with Gasteiger partial charge in [0.05, 0.1) is 11.4 Å². The minimum absolute atomic E-state index is 0.116. The molecule has 30 heavy (non-hydrogen) atoms. The Bertz CT molecular complexity index is 1030. The Morgan fingerprint density at radius 3 is 2.63 bits per heavy atom. The number of hydrogen-bond donors (Lipinski definition) is 5. The smallest absolute Gasteiger partial charge is 0.346 e. The van der Waals surface area contributed by atoms with Crippen molar-refractivity contribution < 1.29 is 24.2 Å². The molecule has 10 nitrogen and oxygen atoms in total. The molecule has 2 atom stereocenters. The predicted molar refractivity (Wildman–Crippen MR) is 116 cm³/mol. The van der Waals surface area contributed by atoms with Crippen LogP contribution in [0.1, 0.15) is 13.8 Å². The molecule has 162 valence electrons. The van der Waals surface area contributed by atoms with E-state index in [0.717, 1.165) is 0 Å². The van der Waals surface area contributed by atoms with Crippen molar-refractivity contribution in [2.75, 3.05) is 17.7 Å². The summed E-state index contributed by atoms with van der Waals surface area (Å²) in [5, 5.41) is 11.3. The standard InChI is InChI=1S/C18H22ClN5O5S/c1-8(20)14(25)23-9(2)15(26)24-10-3-4-11-12(7-10)16(27)29-17(13(11)19)28-5-6-30-18(21)22/h3-4,7-9H,5-6,20H2,1-2H3,(H3,21,22)(H,23,25)(H,24,26)/p+1. The first-order valence-electron chi connectivity index (χ1n) is 8.86. The van der Waals surface area contributed by atoms with E-state index in [1.807, 2.05) is 0 Å². The number of ether oxygens (including phenoxy) is 1. The van der Waals surface area contributed by atoms with Crippen molar-refractivity contribution in [3.05, 3.63) is 33.6 Å². The highest BCUT2D eigenvalue weighted by Crippen LogP contribution is 2.32. The van der Waals surface area contributed by atoms with Gasteiger partial charge in [0.25, 0.3) is 5.17 Å². The van der Waals surface area contributed by atoms with Crippen molar-refractivity contribution in [1.82, 2.24) is 5.32 Å². The molecule has 0 aliphatic rings. The molecule has 2 aromatic rings. The van der Waals surface area contributed by atoms with Crippen LogP contribution in [0.4, 0.5) is 5.69 Å². The quantitative estimate of drug-likeness (QED) is 0.199. The minimum Gasteiger partial charge on any atom is -0.463 e. The molecule has 1 heterocycles. The van der Waals surface area contributed by atoms with Crippen molar-refractivity contribution in [3.63, 3.8) is 0 Å². The number of anilines is 1. The first-order valence-corrected chi connectivity index (χ1v) is 10.2. The highest BCUT2D eigenvalue weighted by atomic mass is 35.5. The Morgan fingerprint density at radius 2 is 2.00 bits per heavy atom. The van der Waals surface area contributed by atoms with Gasteiger partial charge < -0.3 is 25.5 Å². The number of nitrogens with two attached hydrogens (primary N) is 3. The van der Waals surface area contributed by atoms with Crippen LogP contribution < -0.4 is 37.9 Å². The van der Waals surface area contributed by atoms with Gasteiger partial charge in [-0.25, -0.2) is 4.79 Å². The van der Waals surface area contributed by atoms with E-state index in [-0.39, 0.29) is 28.1 Å². The van der Waals surface area contributed by atoms with Crippen LogP contribution in [0.25, 0.3) is 10.8 Å². The number of halogens is 1. The van der Waals surface area contributed by atoms with E-state index in [1.54, 1.807) is 12.1 Å². The van der Waals surface area contributed by atoms with Crippen LogP contribution in [0.3, 0.4) is 0 Å². The van der Waals surface area contributed by atoms with Gasteiger partial charge in [-0.15, -0.1) is 0 Å². The van der Waals surface area contributed by atoms with Gasteiger partial charge in [0.15, 0.2) is 0 Å². The minimum atomic E-state index is -0.826. The van der Waals surface area contributed by atoms with Crippen LogP contribution in [-0.4, -0.2) is 41.4 Å². The summed E-state index contributed by atoms with van der Waals surface area (Å²) < 4.78 is 10.5. The second-order valence-corrected chi connectivity index (χ2v) is 7.91. The molecule has 12 heteroatoms. The average molecular weight is 457 g/mol. The van der Waals surface area contributed by atoms with Gasteiger partial charge in [-0.05, 0) is 37.7 Å². The molecule has 2 amide bonds. The molecule has 8 N–H and O–H groups in total. The number of amides is 2. The molecule has 2 unspecified atom stereocenters. The first-order chi connectivity index (χ1) is 14.1. The highest BCUT2D eigenvalue weighted by Gasteiger charge is 2.19. The number of carbonyl (C=O) groups excluding carboxylic acids is 2. The summed E-state index contributed by atoms with van der Waals surface area (Å²) in [5.74, 6) is -0.605. The normalized spacial score (nSPS) is 12.8. The van der Waals surface area contributed by atoms with Crippen molar-refractivity contribution >= 4 is 56.8 Å². The SMILES string of the molecule is CC(N)C(=O)NC(C)C(=O)Nc1ccc2c(Cl)c(OCCSC(N)=[NH2+])oc(=O)c2c1. The number of amidine groups is 1. The number of benzene rings is 1. The van der Waals surface area contributed by atoms with Gasteiger partial charge in [0.1, 0.15) is 17.7 Å². The summed E-state index contributed by atoms with van der Waals surface area (Å²) in [6.07, 6.45) is 0. The number of hydrogen-bond acceptors (Lipinski definition) is 7. The summed E-state index contributed by atoms with van der Waals surface area (Å²) >= 11 is 7.47. The average Bonchev–Trinajstić information content (AvgIpc) is 2.68. The van der Waals surface area contributed by atoms with E-state index in [1.165, 1.54) is 31.7 Å². The Labute approximate surface area is 181 Å². The van der Waals surface area contributed by atoms with Crippen molar-refractivity contribution in [1.29, 1.82) is 0 Å². The fourth-order valence-corrected chi connectivity index (χ4v) is 2.98. The predicted octanol–water partition coefficient (Wildman–Crippen LogP) is -0.577. The molecular formula is C18H23ClN5O5S+. The van der Waals surface area contributed by atoms with E-state index >= 15 is 0 Å². The maximum atomic E-state index is 12.3. The van der Waals surface area contributed by atoms with E-state index in [9.17, 15) is 14.4 Å². The third kappa shape index (κ3) is 6.12. The summed E-state index contributed by atoms with van der Waals surface area (Å²) in [7, 11) is 0. The lowest BCUT2D eigenvalue weighted by Gasteiger charge is -2.16. The van der Waals surface area contributed by atoms with Crippen LogP contribution in [0.2, 0.25) is 5.02 Å². The van der Waals surface area contributed by atoms with Crippen molar-refractivity contribution in [2.24, 2.45) is 11.5 Å². The van der Waals surface area contributed by atoms with Gasteiger partial charge in [0, 0.05) is 16.8 Å². The van der Waals surface area contributed by atoms with E-state index < -0.39 is 29.5 Å². The topological polar surface area (TPSA) is 175 Å². The number of carbonyl (C=O) groups is 2. The molecule has 0 aliphatic heterocycles. The van der Waals surface area contributed by atoms with Crippen LogP contribution in [-0.2, 0) is 9.59 Å². The fourth-order valence-electron chi connectivity index (χ4n) is 2.32. The fraction of sp³-hybridized carbons (Fsp3) is 0.333. The number of rotatable bonds is 8. The molecule has 0 bridgehead atoms. The van der Waals surface area contributed by atoms with Crippen molar-refractivity contribution in [3.8, 4) is 5.95 Å². The van der Waals surface area contributed by atoms with Gasteiger partial charge >= 0.3 is 11.6 Å². The molecular weight excluding hydrogens is 434 g/mol. The molecule has 1 aromatic heterocycles. The number of nitrogens with one attached hydrogen (secondary N) is 2. The Kier molecular flexibility index (Phi) is 8.09. The lowest BCUT2D eigenvalue weighted by Crippen LogP contribution is -2.47. The third-order valence-corrected chi connectivity index (χ3v) is 4.92. The van der Waals surface area contributed by atoms with E-state index in [2.05, 4.69) is 10.6 Å². The highest BCUT2D eigenvalue weighted by molar-refractivity contribution is 8.13. The maximum Gasteiger partial charge on any atom is 0.346 e. The van der Waals surface area contributed by atoms with Crippen LogP contribution in [0.5, 0.6) is 5.95 Å². The monoisotopic (exact) mass is 456 g/mol. The summed E-state index contributed by atoms with van der Waals surface area (Å²) in [4.78, 5) is 36.2. The van der Waals surface area contributed by atoms with Gasteiger partial charge in [-0.2, -0.15) is 0 Å². The Balaban J connectivity index is 2.16. The van der Waals surface area contributed by atoms with Crippen LogP contribution in [0.15, 0.2) is 27.4 Å². The van der Waals surface area contributed by atoms with Gasteiger partial charge in [-0.3, -0.25) is 20.7 Å². The molecule has 0 saturated heterocycles. The molecule has 2 rings (SSSR count). The Hall–Kier alpha value is -2.76. The van der Waals surface area contributed by atoms with Gasteiger partial charge in [0.2, 0.25) is 11.8 Å². The Morgan fingerprint density at radius 1 is 1.30 bits per heavy atom. The van der Waals surface area contributed by atoms with Crippen LogP contribution >= 0.6 is 23.4 Å². The zero-order chi connectivity index (χ0) is 22.4. The molecule has 0 saturated carbocycles. The second-order valence-electron chi connectivity index (χ2n) is 6.36. The molecule has 0 radical (unpaired) electrons. The van der Waals surface area contributed by atoms with Crippen molar-refractivity contribution in [2.45, 2.75) is 25.9 Å². The van der Waals surface area contributed by atoms with E-state index in [4.69, 9.17) is 37.6 Å². The lowest BCUT2D eigenvalue weighted by molar-refractivity contribution is -0.126. The molecule has 0 fully saturated rings. The van der Waals surface area contributed by atoms with Gasteiger partial charge in [-0.1, -0.05) is 17.7 Å². The van der Waals surface area contributed by atoms with Crippen LogP contribution in [0, 0.1) is 0 Å². The zero-order valence-corrected chi connectivity index (χ0v) is 17.9. The molecule has 0 spiro atoms. The number of fused-ring (bicyclic) bond motifs is 1. The summed E-state index contributed by atoms with van der Waals surface area (Å²) in [5.41, 5.74) is 10.5. The molecule has 1 aromatic carbocycles. The van der Waals surface area contributed by atoms with E-state index in [0.29, 0.717) is 16.8 Å². The zero-order valence-electron chi connectivity index (χ0n) is 16.4. The third-order valence-electron chi connectivity index (χ3n) is 3.86. The maximum absolute atomic E-state index is 12.3. The first kappa shape index (κ1) is 23.5. The number of thioether (sulfide) groups is 1. The largest absolute Gasteiger partial charge is 0.463 e.